The summed E-state index contributed by atoms with van der Waals surface area (Å²) in [6, 6.07) is 15.1. The Hall–Kier alpha value is -1.34. The van der Waals surface area contributed by atoms with E-state index in [2.05, 4.69) is 5.32 Å². The fraction of sp³-hybridized carbons (Fsp3) is 0.381. The van der Waals surface area contributed by atoms with Crippen molar-refractivity contribution in [3.05, 3.63) is 59.1 Å². The molecule has 3 rings (SSSR count). The summed E-state index contributed by atoms with van der Waals surface area (Å²) in [4.78, 5) is 13.4. The van der Waals surface area contributed by atoms with Crippen LogP contribution in [0.4, 0.5) is 5.69 Å². The third-order valence-corrected chi connectivity index (χ3v) is 8.01. The van der Waals surface area contributed by atoms with Crippen molar-refractivity contribution in [1.29, 1.82) is 0 Å². The maximum atomic E-state index is 12.6. The number of carbonyl (C=O) groups is 1. The third-order valence-electron chi connectivity index (χ3n) is 4.55. The van der Waals surface area contributed by atoms with Gasteiger partial charge in [0.05, 0.1) is 10.3 Å². The molecule has 2 aromatic rings. The Labute approximate surface area is 177 Å². The monoisotopic (exact) mass is 437 g/mol. The van der Waals surface area contributed by atoms with Crippen molar-refractivity contribution in [3.8, 4) is 0 Å². The average molecular weight is 438 g/mol. The van der Waals surface area contributed by atoms with Gasteiger partial charge in [0, 0.05) is 45.6 Å². The molecule has 0 bridgehead atoms. The lowest BCUT2D eigenvalue weighted by molar-refractivity contribution is -0.115. The van der Waals surface area contributed by atoms with E-state index in [9.17, 15) is 9.00 Å². The second kappa shape index (κ2) is 10.4. The number of rotatable bonds is 7. The molecule has 0 aliphatic carbocycles. The van der Waals surface area contributed by atoms with Crippen LogP contribution in [0.3, 0.4) is 0 Å². The molecule has 0 aromatic heterocycles. The van der Waals surface area contributed by atoms with E-state index in [0.717, 1.165) is 29.0 Å². The van der Waals surface area contributed by atoms with E-state index in [-0.39, 0.29) is 16.4 Å². The summed E-state index contributed by atoms with van der Waals surface area (Å²) in [5, 5.41) is 3.50. The van der Waals surface area contributed by atoms with Crippen molar-refractivity contribution in [3.63, 3.8) is 0 Å². The minimum Gasteiger partial charge on any atom is -0.381 e. The first-order valence-corrected chi connectivity index (χ1v) is 11.9. The van der Waals surface area contributed by atoms with Crippen LogP contribution in [0.5, 0.6) is 0 Å². The molecule has 2 unspecified atom stereocenters. The van der Waals surface area contributed by atoms with Crippen LogP contribution in [0.2, 0.25) is 5.02 Å². The zero-order valence-electron chi connectivity index (χ0n) is 15.7. The molecule has 1 aliphatic heterocycles. The number of hydrogen-bond donors (Lipinski definition) is 1. The lowest BCUT2D eigenvalue weighted by atomic mass is 10.2. The van der Waals surface area contributed by atoms with Gasteiger partial charge in [-0.15, -0.1) is 11.8 Å². The average Bonchev–Trinajstić information content (AvgIpc) is 2.70. The molecule has 150 valence electrons. The first-order valence-electron chi connectivity index (χ1n) is 9.29. The number of amides is 1. The van der Waals surface area contributed by atoms with E-state index in [1.165, 1.54) is 11.8 Å². The summed E-state index contributed by atoms with van der Waals surface area (Å²) < 4.78 is 17.9. The first-order chi connectivity index (χ1) is 13.5. The van der Waals surface area contributed by atoms with Gasteiger partial charge in [-0.3, -0.25) is 9.00 Å². The summed E-state index contributed by atoms with van der Waals surface area (Å²) >= 11 is 7.60. The largest absolute Gasteiger partial charge is 0.381 e. The molecule has 1 heterocycles. The Morgan fingerprint density at radius 3 is 2.75 bits per heavy atom. The lowest BCUT2D eigenvalue weighted by Gasteiger charge is -2.21. The topological polar surface area (TPSA) is 55.4 Å². The maximum Gasteiger partial charge on any atom is 0.237 e. The highest BCUT2D eigenvalue weighted by Gasteiger charge is 2.21. The highest BCUT2D eigenvalue weighted by Crippen LogP contribution is 2.30. The van der Waals surface area contributed by atoms with E-state index in [1.54, 1.807) is 0 Å². The van der Waals surface area contributed by atoms with Crippen LogP contribution in [0.15, 0.2) is 53.4 Å². The third kappa shape index (κ3) is 6.08. The minimum atomic E-state index is -0.928. The van der Waals surface area contributed by atoms with Crippen LogP contribution in [0, 0.1) is 0 Å². The molecule has 1 aliphatic rings. The van der Waals surface area contributed by atoms with E-state index in [0.29, 0.717) is 24.0 Å². The Bertz CT molecular complexity index is 840. The van der Waals surface area contributed by atoms with Gasteiger partial charge in [0.2, 0.25) is 5.91 Å². The number of carbonyl (C=O) groups excluding carboxylic acids is 1. The van der Waals surface area contributed by atoms with Gasteiger partial charge in [-0.1, -0.05) is 35.9 Å². The Balaban J connectivity index is 1.58. The van der Waals surface area contributed by atoms with Crippen molar-refractivity contribution in [1.82, 2.24) is 0 Å². The fourth-order valence-electron chi connectivity index (χ4n) is 2.99. The van der Waals surface area contributed by atoms with E-state index in [1.807, 2.05) is 55.5 Å². The van der Waals surface area contributed by atoms with Crippen molar-refractivity contribution < 1.29 is 13.7 Å². The number of benzene rings is 2. The van der Waals surface area contributed by atoms with Crippen LogP contribution in [-0.4, -0.2) is 33.8 Å². The molecular formula is C21H24ClNO3S2. The van der Waals surface area contributed by atoms with Crippen molar-refractivity contribution in [2.45, 2.75) is 40.9 Å². The smallest absolute Gasteiger partial charge is 0.237 e. The predicted molar refractivity (Wildman–Crippen MR) is 118 cm³/mol. The highest BCUT2D eigenvalue weighted by molar-refractivity contribution is 8.00. The summed E-state index contributed by atoms with van der Waals surface area (Å²) in [6.07, 6.45) is 1.69. The Morgan fingerprint density at radius 2 is 2.00 bits per heavy atom. The number of ether oxygens (including phenoxy) is 1. The number of thioether (sulfide) groups is 1. The molecule has 1 N–H and O–H groups in total. The van der Waals surface area contributed by atoms with E-state index in [4.69, 9.17) is 16.3 Å². The van der Waals surface area contributed by atoms with Gasteiger partial charge in [-0.05, 0) is 49.6 Å². The second-order valence-corrected chi connectivity index (χ2v) is 10.2. The van der Waals surface area contributed by atoms with Gasteiger partial charge in [0.15, 0.2) is 0 Å². The first kappa shape index (κ1) is 21.4. The van der Waals surface area contributed by atoms with E-state index < -0.39 is 10.8 Å². The summed E-state index contributed by atoms with van der Waals surface area (Å²) in [5.74, 6) is 0.408. The van der Waals surface area contributed by atoms with Gasteiger partial charge in [-0.2, -0.15) is 0 Å². The van der Waals surface area contributed by atoms with Crippen LogP contribution in [0.1, 0.15) is 25.3 Å². The maximum absolute atomic E-state index is 12.6. The fourth-order valence-corrected chi connectivity index (χ4v) is 5.60. The summed E-state index contributed by atoms with van der Waals surface area (Å²) in [7, 11) is -0.928. The minimum absolute atomic E-state index is 0.0902. The van der Waals surface area contributed by atoms with Gasteiger partial charge >= 0.3 is 0 Å². The molecule has 2 atom stereocenters. The highest BCUT2D eigenvalue weighted by atomic mass is 35.5. The Morgan fingerprint density at radius 1 is 1.25 bits per heavy atom. The van der Waals surface area contributed by atoms with Gasteiger partial charge in [0.1, 0.15) is 0 Å². The van der Waals surface area contributed by atoms with Gasteiger partial charge in [-0.25, -0.2) is 0 Å². The number of anilines is 1. The molecule has 0 radical (unpaired) electrons. The quantitative estimate of drug-likeness (QED) is 0.626. The molecule has 2 aromatic carbocycles. The second-order valence-electron chi connectivity index (χ2n) is 6.72. The Kier molecular flexibility index (Phi) is 7.97. The van der Waals surface area contributed by atoms with Gasteiger partial charge < -0.3 is 10.1 Å². The molecule has 4 nitrogen and oxygen atoms in total. The standard InChI is InChI=1S/C21H24ClNO3S2/c1-15(27-20-8-3-2-7-19(20)22)21(24)23-17-6-4-5-16(13-17)14-28(25)18-9-11-26-12-10-18/h2-8,13,15,18H,9-12,14H2,1H3,(H,23,24). The summed E-state index contributed by atoms with van der Waals surface area (Å²) in [5.41, 5.74) is 1.69. The molecule has 1 amide bonds. The number of halogens is 1. The molecule has 7 heteroatoms. The van der Waals surface area contributed by atoms with Gasteiger partial charge in [0.25, 0.3) is 0 Å². The molecule has 1 fully saturated rings. The van der Waals surface area contributed by atoms with E-state index >= 15 is 0 Å². The number of nitrogens with one attached hydrogen (secondary N) is 1. The van der Waals surface area contributed by atoms with Crippen LogP contribution in [-0.2, 0) is 26.1 Å². The molecular weight excluding hydrogens is 414 g/mol. The molecule has 1 saturated heterocycles. The summed E-state index contributed by atoms with van der Waals surface area (Å²) in [6.45, 7) is 3.23. The van der Waals surface area contributed by atoms with Crippen LogP contribution >= 0.6 is 23.4 Å². The lowest BCUT2D eigenvalue weighted by Crippen LogP contribution is -2.25. The van der Waals surface area contributed by atoms with Crippen molar-refractivity contribution in [2.24, 2.45) is 0 Å². The molecule has 0 spiro atoms. The zero-order chi connectivity index (χ0) is 19.9. The van der Waals surface area contributed by atoms with Crippen molar-refractivity contribution >= 4 is 45.8 Å². The number of hydrogen-bond acceptors (Lipinski definition) is 4. The normalized spacial score (nSPS) is 17.1. The zero-order valence-corrected chi connectivity index (χ0v) is 18.1. The van der Waals surface area contributed by atoms with Crippen LogP contribution < -0.4 is 5.32 Å². The molecule has 0 saturated carbocycles. The molecule has 28 heavy (non-hydrogen) atoms. The predicted octanol–water partition coefficient (Wildman–Crippen LogP) is 4.89. The van der Waals surface area contributed by atoms with Crippen molar-refractivity contribution in [2.75, 3.05) is 18.5 Å². The van der Waals surface area contributed by atoms with Crippen LogP contribution in [0.25, 0.3) is 0 Å². The SMILES string of the molecule is CC(Sc1ccccc1Cl)C(=O)Nc1cccc(CS(=O)C2CCOCC2)c1.